The number of phenolic OH excluding ortho intramolecular Hbond substituents is 1. The number of aromatic nitrogens is 4. The number of piperidine rings is 2. The predicted octanol–water partition coefficient (Wildman–Crippen LogP) is 3.38. The van der Waals surface area contributed by atoms with Crippen molar-refractivity contribution in [2.75, 3.05) is 0 Å². The molecule has 0 spiro atoms. The molecule has 2 fully saturated rings. The second-order valence-corrected chi connectivity index (χ2v) is 7.83. The Bertz CT molecular complexity index is 1030. The van der Waals surface area contributed by atoms with E-state index in [-0.39, 0.29) is 40.5 Å². The van der Waals surface area contributed by atoms with Gasteiger partial charge in [-0.25, -0.2) is 8.78 Å². The van der Waals surface area contributed by atoms with Crippen molar-refractivity contribution in [1.82, 2.24) is 25.7 Å². The van der Waals surface area contributed by atoms with Gasteiger partial charge in [0.05, 0.1) is 11.9 Å². The summed E-state index contributed by atoms with van der Waals surface area (Å²) in [5.41, 5.74) is 1.25. The Morgan fingerprint density at radius 2 is 2.03 bits per heavy atom. The maximum atomic E-state index is 14.7. The van der Waals surface area contributed by atoms with E-state index in [1.807, 2.05) is 0 Å². The van der Waals surface area contributed by atoms with Gasteiger partial charge in [0.1, 0.15) is 17.7 Å². The first-order valence-electron chi connectivity index (χ1n) is 10.0. The van der Waals surface area contributed by atoms with Crippen LogP contribution >= 0.6 is 0 Å². The number of rotatable bonds is 4. The first kappa shape index (κ1) is 18.9. The zero-order chi connectivity index (χ0) is 20.7. The summed E-state index contributed by atoms with van der Waals surface area (Å²) in [7, 11) is 0. The lowest BCUT2D eigenvalue weighted by atomic mass is 9.84. The lowest BCUT2D eigenvalue weighted by Gasteiger charge is -2.42. The molecule has 1 aromatic carbocycles. The third-order valence-electron chi connectivity index (χ3n) is 5.86. The van der Waals surface area contributed by atoms with Crippen LogP contribution in [0.2, 0.25) is 0 Å². The van der Waals surface area contributed by atoms with Gasteiger partial charge in [-0.3, -0.25) is 5.10 Å². The number of phenols is 1. The number of nitrogens with zero attached hydrogens (tertiary/aromatic N) is 3. The van der Waals surface area contributed by atoms with Gasteiger partial charge in [-0.2, -0.15) is 5.10 Å². The molecule has 4 atom stereocenters. The number of H-pyrrole nitrogens is 1. The van der Waals surface area contributed by atoms with Crippen LogP contribution in [0.5, 0.6) is 11.6 Å². The van der Waals surface area contributed by atoms with Gasteiger partial charge in [-0.15, -0.1) is 10.2 Å². The third kappa shape index (κ3) is 3.49. The van der Waals surface area contributed by atoms with E-state index in [0.717, 1.165) is 19.3 Å². The van der Waals surface area contributed by atoms with E-state index in [1.165, 1.54) is 24.5 Å². The number of alkyl halides is 1. The van der Waals surface area contributed by atoms with E-state index in [0.29, 0.717) is 12.0 Å². The highest BCUT2D eigenvalue weighted by Crippen LogP contribution is 2.35. The highest BCUT2D eigenvalue weighted by Gasteiger charge is 2.41. The van der Waals surface area contributed by atoms with Crippen LogP contribution < -0.4 is 10.1 Å². The molecule has 0 saturated carbocycles. The minimum atomic E-state index is -1.10. The maximum absolute atomic E-state index is 14.7. The number of aromatic hydroxyl groups is 1. The highest BCUT2D eigenvalue weighted by atomic mass is 19.1. The Kier molecular flexibility index (Phi) is 4.82. The molecular weight excluding hydrogens is 392 g/mol. The van der Waals surface area contributed by atoms with Gasteiger partial charge in [0.2, 0.25) is 5.88 Å². The fraction of sp³-hybridized carbons (Fsp3) is 0.381. The molecule has 2 aliphatic heterocycles. The van der Waals surface area contributed by atoms with Crippen molar-refractivity contribution in [2.45, 2.75) is 50.0 Å². The maximum Gasteiger partial charge on any atom is 0.233 e. The van der Waals surface area contributed by atoms with Gasteiger partial charge < -0.3 is 15.2 Å². The number of halogens is 2. The molecule has 3 N–H and O–H groups in total. The first-order chi connectivity index (χ1) is 14.6. The van der Waals surface area contributed by atoms with E-state index >= 15 is 0 Å². The molecule has 0 radical (unpaired) electrons. The first-order valence-corrected chi connectivity index (χ1v) is 10.0. The normalized spacial score (nSPS) is 25.8. The van der Waals surface area contributed by atoms with Crippen LogP contribution in [-0.4, -0.2) is 49.9 Å². The number of aromatic amines is 1. The second-order valence-electron chi connectivity index (χ2n) is 7.83. The van der Waals surface area contributed by atoms with Crippen LogP contribution in [0.1, 0.15) is 25.7 Å². The second kappa shape index (κ2) is 7.64. The van der Waals surface area contributed by atoms with Crippen molar-refractivity contribution in [3.8, 4) is 34.0 Å². The number of fused-ring (bicyclic) bond motifs is 2. The van der Waals surface area contributed by atoms with Crippen molar-refractivity contribution in [3.05, 3.63) is 42.5 Å². The third-order valence-corrected chi connectivity index (χ3v) is 5.86. The quantitative estimate of drug-likeness (QED) is 0.607. The number of hydrogen-bond donors (Lipinski definition) is 3. The molecule has 2 aliphatic rings. The fourth-order valence-corrected chi connectivity index (χ4v) is 4.34. The van der Waals surface area contributed by atoms with Crippen LogP contribution in [0.3, 0.4) is 0 Å². The minimum absolute atomic E-state index is 0.134. The Morgan fingerprint density at radius 1 is 1.13 bits per heavy atom. The molecule has 156 valence electrons. The number of hydrogen-bond acceptors (Lipinski definition) is 6. The summed E-state index contributed by atoms with van der Waals surface area (Å²) < 4.78 is 35.0. The van der Waals surface area contributed by atoms with E-state index in [9.17, 15) is 13.9 Å². The molecule has 2 bridgehead atoms. The average Bonchev–Trinajstić information content (AvgIpc) is 3.29. The van der Waals surface area contributed by atoms with Crippen LogP contribution in [0, 0.1) is 5.82 Å². The number of nitrogens with one attached hydrogen (secondary N) is 2. The smallest absolute Gasteiger partial charge is 0.233 e. The fourth-order valence-electron chi connectivity index (χ4n) is 4.34. The van der Waals surface area contributed by atoms with E-state index in [1.54, 1.807) is 12.1 Å². The van der Waals surface area contributed by atoms with Crippen LogP contribution in [0.15, 0.2) is 36.7 Å². The lowest BCUT2D eigenvalue weighted by Crippen LogP contribution is -2.59. The molecule has 2 saturated heterocycles. The zero-order valence-electron chi connectivity index (χ0n) is 16.1. The summed E-state index contributed by atoms with van der Waals surface area (Å²) in [6, 6.07) is 5.75. The van der Waals surface area contributed by atoms with E-state index in [4.69, 9.17) is 4.74 Å². The lowest BCUT2D eigenvalue weighted by molar-refractivity contribution is 0.00652. The van der Waals surface area contributed by atoms with Crippen LogP contribution in [0.4, 0.5) is 8.78 Å². The largest absolute Gasteiger partial charge is 0.507 e. The van der Waals surface area contributed by atoms with Gasteiger partial charge in [0, 0.05) is 47.5 Å². The van der Waals surface area contributed by atoms with Gasteiger partial charge >= 0.3 is 0 Å². The molecule has 7 nitrogen and oxygen atoms in total. The molecule has 3 aromatic rings. The molecule has 4 heterocycles. The summed E-state index contributed by atoms with van der Waals surface area (Å²) in [5.74, 6) is -0.445. The van der Waals surface area contributed by atoms with Crippen molar-refractivity contribution < 1.29 is 18.6 Å². The number of benzene rings is 1. The standard InChI is InChI=1S/C21H21F2N5O2/c22-15-7-14(18(29)8-13(15)11-9-24-25-10-11)16-4-5-20(28-27-16)30-19-6-12-2-1-3-17(26-12)21(19)23/h4-5,7-10,12,17,19,21,26,29H,1-3,6H2,(H,24,25)/t12-,17+,19+,21-/m0/s1. The van der Waals surface area contributed by atoms with Gasteiger partial charge in [0.25, 0.3) is 0 Å². The zero-order valence-corrected chi connectivity index (χ0v) is 16.1. The van der Waals surface area contributed by atoms with Crippen molar-refractivity contribution >= 4 is 0 Å². The molecule has 0 unspecified atom stereocenters. The summed E-state index contributed by atoms with van der Waals surface area (Å²) in [5, 5.41) is 28.2. The van der Waals surface area contributed by atoms with Crippen molar-refractivity contribution in [2.24, 2.45) is 0 Å². The topological polar surface area (TPSA) is 96.0 Å². The monoisotopic (exact) mass is 413 g/mol. The molecule has 0 amide bonds. The van der Waals surface area contributed by atoms with Crippen LogP contribution in [-0.2, 0) is 0 Å². The highest BCUT2D eigenvalue weighted by molar-refractivity contribution is 5.74. The summed E-state index contributed by atoms with van der Waals surface area (Å²) >= 11 is 0. The van der Waals surface area contributed by atoms with Crippen LogP contribution in [0.25, 0.3) is 22.4 Å². The van der Waals surface area contributed by atoms with E-state index < -0.39 is 18.1 Å². The molecule has 30 heavy (non-hydrogen) atoms. The average molecular weight is 413 g/mol. The molecule has 2 aromatic heterocycles. The van der Waals surface area contributed by atoms with E-state index in [2.05, 4.69) is 25.7 Å². The Balaban J connectivity index is 1.35. The predicted molar refractivity (Wildman–Crippen MR) is 105 cm³/mol. The summed E-state index contributed by atoms with van der Waals surface area (Å²) in [4.78, 5) is 0. The van der Waals surface area contributed by atoms with Gasteiger partial charge in [-0.1, -0.05) is 6.42 Å². The molecule has 0 aliphatic carbocycles. The Labute approximate surface area is 171 Å². The van der Waals surface area contributed by atoms with Crippen molar-refractivity contribution in [1.29, 1.82) is 0 Å². The Morgan fingerprint density at radius 3 is 2.80 bits per heavy atom. The molecule has 9 heteroatoms. The Hall–Kier alpha value is -3.07. The number of ether oxygens (including phenoxy) is 1. The SMILES string of the molecule is Oc1cc(-c2cn[nH]c2)c(F)cc1-c1ccc(O[C@@H]2C[C@@H]3CCC[C@@H](N3)[C@@H]2F)nn1. The van der Waals surface area contributed by atoms with Gasteiger partial charge in [0.15, 0.2) is 6.17 Å². The summed E-state index contributed by atoms with van der Waals surface area (Å²) in [6.07, 6.45) is 4.78. The molecule has 5 rings (SSSR count). The van der Waals surface area contributed by atoms with Gasteiger partial charge in [-0.05, 0) is 31.0 Å². The summed E-state index contributed by atoms with van der Waals surface area (Å²) in [6.45, 7) is 0. The minimum Gasteiger partial charge on any atom is -0.507 e. The molecular formula is C21H21F2N5O2. The van der Waals surface area contributed by atoms with Crippen molar-refractivity contribution in [3.63, 3.8) is 0 Å².